The maximum Gasteiger partial charge on any atom is 0.375 e. The molecule has 3 aromatic rings. The molecule has 3 rings (SSSR count). The van der Waals surface area contributed by atoms with E-state index in [4.69, 9.17) is 32.4 Å². The first-order valence-electron chi connectivity index (χ1n) is 7.91. The molecule has 0 radical (unpaired) electrons. The molecule has 0 bridgehead atoms. The number of anilines is 1. The Balaban J connectivity index is 1.73. The highest BCUT2D eigenvalue weighted by molar-refractivity contribution is 9.10. The van der Waals surface area contributed by atoms with E-state index in [9.17, 15) is 9.59 Å². The number of carbonyl (C=O) groups is 2. The van der Waals surface area contributed by atoms with Gasteiger partial charge in [-0.3, -0.25) is 4.79 Å². The van der Waals surface area contributed by atoms with Crippen molar-refractivity contribution in [2.75, 3.05) is 5.32 Å². The summed E-state index contributed by atoms with van der Waals surface area (Å²) in [5, 5.41) is 4.16. The number of carbonyl (C=O) groups excluding carboxylic acids is 2. The number of aryl methyl sites for hydroxylation is 1. The Morgan fingerprint density at radius 3 is 2.48 bits per heavy atom. The Morgan fingerprint density at radius 2 is 1.81 bits per heavy atom. The third kappa shape index (κ3) is 4.46. The van der Waals surface area contributed by atoms with Crippen molar-refractivity contribution in [3.05, 3.63) is 62.2 Å². The molecule has 5 nitrogen and oxygen atoms in total. The van der Waals surface area contributed by atoms with E-state index in [1.54, 1.807) is 31.2 Å². The molecule has 0 saturated heterocycles. The van der Waals surface area contributed by atoms with E-state index in [1.807, 2.05) is 12.1 Å². The monoisotopic (exact) mass is 469 g/mol. The number of ether oxygens (including phenoxy) is 1. The lowest BCUT2D eigenvalue weighted by molar-refractivity contribution is -0.123. The van der Waals surface area contributed by atoms with Gasteiger partial charge in [-0.2, -0.15) is 0 Å². The topological polar surface area (TPSA) is 68.5 Å². The fourth-order valence-electron chi connectivity index (χ4n) is 2.53. The molecule has 8 heteroatoms. The summed E-state index contributed by atoms with van der Waals surface area (Å²) in [4.78, 5) is 24.7. The van der Waals surface area contributed by atoms with Crippen LogP contribution in [-0.2, 0) is 9.53 Å². The van der Waals surface area contributed by atoms with Crippen molar-refractivity contribution in [3.63, 3.8) is 0 Å². The molecule has 1 heterocycles. The first-order chi connectivity index (χ1) is 12.7. The van der Waals surface area contributed by atoms with Gasteiger partial charge in [-0.25, -0.2) is 4.79 Å². The molecule has 2 aromatic carbocycles. The van der Waals surface area contributed by atoms with Crippen LogP contribution in [0.4, 0.5) is 5.69 Å². The van der Waals surface area contributed by atoms with Crippen molar-refractivity contribution >= 4 is 67.7 Å². The molecule has 0 fully saturated rings. The summed E-state index contributed by atoms with van der Waals surface area (Å²) in [6.45, 7) is 3.22. The van der Waals surface area contributed by atoms with Gasteiger partial charge in [-0.15, -0.1) is 0 Å². The molecule has 1 N–H and O–H groups in total. The number of rotatable bonds is 4. The van der Waals surface area contributed by atoms with Crippen molar-refractivity contribution in [1.82, 2.24) is 0 Å². The molecule has 0 saturated carbocycles. The number of hydrogen-bond acceptors (Lipinski definition) is 4. The molecular weight excluding hydrogens is 457 g/mol. The molecule has 0 aliphatic carbocycles. The molecule has 0 spiro atoms. The van der Waals surface area contributed by atoms with Crippen LogP contribution in [-0.4, -0.2) is 18.0 Å². The van der Waals surface area contributed by atoms with Crippen LogP contribution < -0.4 is 5.32 Å². The number of halogens is 3. The summed E-state index contributed by atoms with van der Waals surface area (Å²) in [7, 11) is 0. The van der Waals surface area contributed by atoms with Gasteiger partial charge < -0.3 is 14.5 Å². The lowest BCUT2D eigenvalue weighted by Gasteiger charge is -2.13. The van der Waals surface area contributed by atoms with Gasteiger partial charge in [-0.1, -0.05) is 39.1 Å². The standard InChI is InChI=1S/C19H14BrCl2NO4/c1-9-15-5-11(20)3-4-16(15)27-17(9)19(25)26-10(2)18(24)23-14-7-12(21)6-13(22)8-14/h3-8,10H,1-2H3,(H,23,24). The molecule has 1 atom stereocenters. The molecule has 1 aromatic heterocycles. The Labute approximate surface area is 173 Å². The van der Waals surface area contributed by atoms with Crippen LogP contribution in [0.1, 0.15) is 23.0 Å². The first kappa shape index (κ1) is 19.7. The fourth-order valence-corrected chi connectivity index (χ4v) is 3.41. The Hall–Kier alpha value is -2.02. The van der Waals surface area contributed by atoms with Crippen molar-refractivity contribution < 1.29 is 18.7 Å². The number of amides is 1. The van der Waals surface area contributed by atoms with Crippen molar-refractivity contribution in [1.29, 1.82) is 0 Å². The Bertz CT molecular complexity index is 1030. The van der Waals surface area contributed by atoms with E-state index < -0.39 is 18.0 Å². The minimum absolute atomic E-state index is 0.0635. The molecule has 27 heavy (non-hydrogen) atoms. The lowest BCUT2D eigenvalue weighted by atomic mass is 10.1. The van der Waals surface area contributed by atoms with Crippen molar-refractivity contribution in [2.24, 2.45) is 0 Å². The number of esters is 1. The number of nitrogens with one attached hydrogen (secondary N) is 1. The average molecular weight is 471 g/mol. The highest BCUT2D eigenvalue weighted by atomic mass is 79.9. The van der Waals surface area contributed by atoms with Gasteiger partial charge in [0.15, 0.2) is 6.10 Å². The summed E-state index contributed by atoms with van der Waals surface area (Å²) in [5.74, 6) is -1.17. The van der Waals surface area contributed by atoms with E-state index >= 15 is 0 Å². The summed E-state index contributed by atoms with van der Waals surface area (Å²) >= 11 is 15.2. The smallest absolute Gasteiger partial charge is 0.375 e. The first-order valence-corrected chi connectivity index (χ1v) is 9.46. The van der Waals surface area contributed by atoms with E-state index in [0.717, 1.165) is 9.86 Å². The van der Waals surface area contributed by atoms with Crippen molar-refractivity contribution in [3.8, 4) is 0 Å². The van der Waals surface area contributed by atoms with Gasteiger partial charge in [-0.05, 0) is 50.2 Å². The zero-order chi connectivity index (χ0) is 19.7. The zero-order valence-electron chi connectivity index (χ0n) is 14.3. The van der Waals surface area contributed by atoms with E-state index in [2.05, 4.69) is 21.2 Å². The minimum Gasteiger partial charge on any atom is -0.449 e. The molecule has 1 unspecified atom stereocenters. The summed E-state index contributed by atoms with van der Waals surface area (Å²) in [5.41, 5.74) is 1.61. The van der Waals surface area contributed by atoms with Gasteiger partial charge in [0.1, 0.15) is 5.58 Å². The van der Waals surface area contributed by atoms with Crippen LogP contribution in [0.15, 0.2) is 45.3 Å². The van der Waals surface area contributed by atoms with Crippen LogP contribution in [0.25, 0.3) is 11.0 Å². The average Bonchev–Trinajstić information content (AvgIpc) is 2.90. The summed E-state index contributed by atoms with van der Waals surface area (Å²) in [6.07, 6.45) is -1.05. The third-order valence-corrected chi connectivity index (χ3v) is 4.80. The largest absolute Gasteiger partial charge is 0.449 e. The Morgan fingerprint density at radius 1 is 1.15 bits per heavy atom. The zero-order valence-corrected chi connectivity index (χ0v) is 17.4. The fraction of sp³-hybridized carbons (Fsp3) is 0.158. The number of furan rings is 1. The molecule has 0 aliphatic rings. The predicted molar refractivity (Wildman–Crippen MR) is 109 cm³/mol. The predicted octanol–water partition coefficient (Wildman–Crippen LogP) is 5.99. The number of hydrogen-bond donors (Lipinski definition) is 1. The van der Waals surface area contributed by atoms with Crippen molar-refractivity contribution in [2.45, 2.75) is 20.0 Å². The SMILES string of the molecule is Cc1c(C(=O)OC(C)C(=O)Nc2cc(Cl)cc(Cl)c2)oc2ccc(Br)cc12. The highest BCUT2D eigenvalue weighted by Crippen LogP contribution is 2.29. The second-order valence-electron chi connectivity index (χ2n) is 5.89. The lowest BCUT2D eigenvalue weighted by Crippen LogP contribution is -2.30. The maximum absolute atomic E-state index is 12.4. The number of benzene rings is 2. The van der Waals surface area contributed by atoms with Gasteiger partial charge in [0.2, 0.25) is 5.76 Å². The Kier molecular flexibility index (Phi) is 5.79. The van der Waals surface area contributed by atoms with E-state index in [-0.39, 0.29) is 5.76 Å². The maximum atomic E-state index is 12.4. The van der Waals surface area contributed by atoms with E-state index in [0.29, 0.717) is 26.9 Å². The molecule has 140 valence electrons. The van der Waals surface area contributed by atoms with Gasteiger partial charge in [0.05, 0.1) is 0 Å². The molecule has 0 aliphatic heterocycles. The van der Waals surface area contributed by atoms with Crippen LogP contribution in [0.3, 0.4) is 0 Å². The number of fused-ring (bicyclic) bond motifs is 1. The summed E-state index contributed by atoms with van der Waals surface area (Å²) < 4.78 is 11.7. The third-order valence-electron chi connectivity index (χ3n) is 3.87. The highest BCUT2D eigenvalue weighted by Gasteiger charge is 2.24. The molecule has 1 amide bonds. The van der Waals surface area contributed by atoms with E-state index in [1.165, 1.54) is 6.92 Å². The van der Waals surface area contributed by atoms with Crippen LogP contribution in [0.2, 0.25) is 10.0 Å². The van der Waals surface area contributed by atoms with Crippen LogP contribution in [0.5, 0.6) is 0 Å². The molecular formula is C19H14BrCl2NO4. The van der Waals surface area contributed by atoms with Gasteiger partial charge >= 0.3 is 5.97 Å². The summed E-state index contributed by atoms with van der Waals surface area (Å²) in [6, 6.07) is 10.0. The second kappa shape index (κ2) is 7.92. The van der Waals surface area contributed by atoms with Crippen LogP contribution >= 0.6 is 39.1 Å². The normalized spacial score (nSPS) is 12.0. The van der Waals surface area contributed by atoms with Crippen LogP contribution in [0, 0.1) is 6.92 Å². The second-order valence-corrected chi connectivity index (χ2v) is 7.68. The van der Waals surface area contributed by atoms with Gasteiger partial charge in [0.25, 0.3) is 5.91 Å². The minimum atomic E-state index is -1.05. The van der Waals surface area contributed by atoms with Gasteiger partial charge in [0, 0.05) is 31.2 Å². The quantitative estimate of drug-likeness (QED) is 0.475.